The molecule has 0 saturated heterocycles. The van der Waals surface area contributed by atoms with Gasteiger partial charge in [0.25, 0.3) is 0 Å². The number of hydrogen-bond donors (Lipinski definition) is 0. The van der Waals surface area contributed by atoms with E-state index in [4.69, 9.17) is 4.74 Å². The van der Waals surface area contributed by atoms with Crippen molar-refractivity contribution in [1.29, 1.82) is 0 Å². The Morgan fingerprint density at radius 2 is 2.05 bits per heavy atom. The predicted octanol–water partition coefficient (Wildman–Crippen LogP) is 3.33. The Balaban J connectivity index is 1.81. The minimum Gasteiger partial charge on any atom is -0.493 e. The predicted molar refractivity (Wildman–Crippen MR) is 80.0 cm³/mol. The molecule has 2 aromatic heterocycles. The first-order chi connectivity index (χ1) is 9.88. The highest BCUT2D eigenvalue weighted by Crippen LogP contribution is 2.26. The molecule has 0 atom stereocenters. The van der Waals surface area contributed by atoms with Crippen LogP contribution in [0.3, 0.4) is 0 Å². The van der Waals surface area contributed by atoms with E-state index in [1.54, 1.807) is 0 Å². The number of ether oxygens (including phenoxy) is 1. The third-order valence-electron chi connectivity index (χ3n) is 3.36. The number of rotatable bonds is 6. The fourth-order valence-electron chi connectivity index (χ4n) is 2.37. The van der Waals surface area contributed by atoms with Gasteiger partial charge in [-0.15, -0.1) is 0 Å². The normalized spacial score (nSPS) is 11.1. The fourth-order valence-corrected chi connectivity index (χ4v) is 2.37. The standard InChI is InChI=1S/C16H19N3O/c1-2-13-20-16-6-3-5-15-14(16)7-10-18(15)11-12-19-9-4-8-17-19/h3-10H,2,11-13H2,1H3. The number of nitrogens with zero attached hydrogens (tertiary/aromatic N) is 3. The number of aromatic nitrogens is 3. The molecular weight excluding hydrogens is 250 g/mol. The van der Waals surface area contributed by atoms with E-state index in [0.717, 1.165) is 31.9 Å². The van der Waals surface area contributed by atoms with Crippen LogP contribution in [-0.2, 0) is 13.1 Å². The Kier molecular flexibility index (Phi) is 3.72. The van der Waals surface area contributed by atoms with Crippen molar-refractivity contribution < 1.29 is 4.74 Å². The van der Waals surface area contributed by atoms with Gasteiger partial charge in [-0.05, 0) is 30.7 Å². The molecule has 0 aliphatic rings. The summed E-state index contributed by atoms with van der Waals surface area (Å²) in [5.41, 5.74) is 1.21. The SMILES string of the molecule is CCCOc1cccc2c1ccn2CCn1cccn1. The molecule has 3 rings (SSSR count). The first-order valence-electron chi connectivity index (χ1n) is 7.06. The minimum atomic E-state index is 0.761. The Hall–Kier alpha value is -2.23. The largest absolute Gasteiger partial charge is 0.493 e. The van der Waals surface area contributed by atoms with Crippen LogP contribution in [0.1, 0.15) is 13.3 Å². The number of hydrogen-bond acceptors (Lipinski definition) is 2. The maximum Gasteiger partial charge on any atom is 0.128 e. The van der Waals surface area contributed by atoms with Crippen LogP contribution in [0.5, 0.6) is 5.75 Å². The van der Waals surface area contributed by atoms with Crippen molar-refractivity contribution in [3.8, 4) is 5.75 Å². The van der Waals surface area contributed by atoms with Gasteiger partial charge in [-0.1, -0.05) is 13.0 Å². The van der Waals surface area contributed by atoms with Crippen LogP contribution >= 0.6 is 0 Å². The molecule has 0 aliphatic carbocycles. The molecule has 0 radical (unpaired) electrons. The zero-order valence-corrected chi connectivity index (χ0v) is 11.7. The van der Waals surface area contributed by atoms with E-state index in [2.05, 4.69) is 41.0 Å². The molecule has 104 valence electrons. The zero-order valence-electron chi connectivity index (χ0n) is 11.7. The van der Waals surface area contributed by atoms with Crippen molar-refractivity contribution in [2.75, 3.05) is 6.61 Å². The van der Waals surface area contributed by atoms with Crippen molar-refractivity contribution in [2.24, 2.45) is 0 Å². The van der Waals surface area contributed by atoms with Crippen molar-refractivity contribution in [2.45, 2.75) is 26.4 Å². The number of aryl methyl sites for hydroxylation is 2. The lowest BCUT2D eigenvalue weighted by Gasteiger charge is -2.08. The number of fused-ring (bicyclic) bond motifs is 1. The van der Waals surface area contributed by atoms with E-state index in [1.165, 1.54) is 10.9 Å². The summed E-state index contributed by atoms with van der Waals surface area (Å²) in [4.78, 5) is 0. The Bertz CT molecular complexity index is 670. The van der Waals surface area contributed by atoms with Crippen LogP contribution in [0, 0.1) is 0 Å². The van der Waals surface area contributed by atoms with E-state index in [1.807, 2.05) is 29.2 Å². The van der Waals surface area contributed by atoms with Gasteiger partial charge < -0.3 is 9.30 Å². The van der Waals surface area contributed by atoms with E-state index in [0.29, 0.717) is 0 Å². The molecule has 4 nitrogen and oxygen atoms in total. The molecule has 1 aromatic carbocycles. The topological polar surface area (TPSA) is 32.0 Å². The molecule has 0 amide bonds. The highest BCUT2D eigenvalue weighted by molar-refractivity contribution is 5.86. The zero-order chi connectivity index (χ0) is 13.8. The highest BCUT2D eigenvalue weighted by Gasteiger charge is 2.06. The summed E-state index contributed by atoms with van der Waals surface area (Å²) in [6.07, 6.45) is 6.94. The van der Waals surface area contributed by atoms with Gasteiger partial charge in [-0.3, -0.25) is 4.68 Å². The molecule has 0 fully saturated rings. The molecule has 0 saturated carbocycles. The Labute approximate surface area is 118 Å². The maximum atomic E-state index is 5.80. The van der Waals surface area contributed by atoms with E-state index >= 15 is 0 Å². The van der Waals surface area contributed by atoms with Gasteiger partial charge in [-0.2, -0.15) is 5.10 Å². The van der Waals surface area contributed by atoms with Crippen LogP contribution in [0.2, 0.25) is 0 Å². The molecule has 0 unspecified atom stereocenters. The summed E-state index contributed by atoms with van der Waals surface area (Å²) < 4.78 is 9.99. The van der Waals surface area contributed by atoms with Crippen LogP contribution in [-0.4, -0.2) is 21.0 Å². The van der Waals surface area contributed by atoms with Crippen LogP contribution in [0.25, 0.3) is 10.9 Å². The van der Waals surface area contributed by atoms with E-state index in [9.17, 15) is 0 Å². The van der Waals surface area contributed by atoms with Crippen molar-refractivity contribution in [3.05, 3.63) is 48.9 Å². The van der Waals surface area contributed by atoms with Gasteiger partial charge >= 0.3 is 0 Å². The minimum absolute atomic E-state index is 0.761. The summed E-state index contributed by atoms with van der Waals surface area (Å²) in [5, 5.41) is 5.41. The second kappa shape index (κ2) is 5.82. The Morgan fingerprint density at radius 1 is 1.10 bits per heavy atom. The monoisotopic (exact) mass is 269 g/mol. The first kappa shape index (κ1) is 12.8. The smallest absolute Gasteiger partial charge is 0.128 e. The summed E-state index contributed by atoms with van der Waals surface area (Å²) in [6.45, 7) is 4.66. The lowest BCUT2D eigenvalue weighted by molar-refractivity contribution is 0.321. The average Bonchev–Trinajstić information content (AvgIpc) is 3.12. The molecule has 0 spiro atoms. The summed E-state index contributed by atoms with van der Waals surface area (Å²) in [7, 11) is 0. The number of benzene rings is 1. The third kappa shape index (κ3) is 2.54. The van der Waals surface area contributed by atoms with E-state index < -0.39 is 0 Å². The first-order valence-corrected chi connectivity index (χ1v) is 7.06. The van der Waals surface area contributed by atoms with Gasteiger partial charge in [0.2, 0.25) is 0 Å². The van der Waals surface area contributed by atoms with Gasteiger partial charge in [0, 0.05) is 30.5 Å². The molecule has 4 heteroatoms. The quantitative estimate of drug-likeness (QED) is 0.687. The molecule has 0 N–H and O–H groups in total. The van der Waals surface area contributed by atoms with Crippen molar-refractivity contribution in [3.63, 3.8) is 0 Å². The summed E-state index contributed by atoms with van der Waals surface area (Å²) in [6, 6.07) is 10.3. The van der Waals surface area contributed by atoms with Gasteiger partial charge in [0.05, 0.1) is 18.7 Å². The van der Waals surface area contributed by atoms with Crippen LogP contribution in [0.4, 0.5) is 0 Å². The second-order valence-electron chi connectivity index (χ2n) is 4.82. The van der Waals surface area contributed by atoms with Gasteiger partial charge in [0.15, 0.2) is 0 Å². The summed E-state index contributed by atoms with van der Waals surface area (Å²) in [5.74, 6) is 0.974. The third-order valence-corrected chi connectivity index (χ3v) is 3.36. The molecule has 3 aromatic rings. The van der Waals surface area contributed by atoms with Crippen LogP contribution < -0.4 is 4.74 Å². The van der Waals surface area contributed by atoms with Gasteiger partial charge in [-0.25, -0.2) is 0 Å². The van der Waals surface area contributed by atoms with Crippen molar-refractivity contribution >= 4 is 10.9 Å². The van der Waals surface area contributed by atoms with Crippen LogP contribution in [0.15, 0.2) is 48.9 Å². The highest BCUT2D eigenvalue weighted by atomic mass is 16.5. The van der Waals surface area contributed by atoms with Crippen molar-refractivity contribution in [1.82, 2.24) is 14.3 Å². The Morgan fingerprint density at radius 3 is 2.85 bits per heavy atom. The molecule has 2 heterocycles. The molecular formula is C16H19N3O. The average molecular weight is 269 g/mol. The van der Waals surface area contributed by atoms with E-state index in [-0.39, 0.29) is 0 Å². The fraction of sp³-hybridized carbons (Fsp3) is 0.312. The lowest BCUT2D eigenvalue weighted by atomic mass is 10.2. The molecule has 20 heavy (non-hydrogen) atoms. The summed E-state index contributed by atoms with van der Waals surface area (Å²) >= 11 is 0. The maximum absolute atomic E-state index is 5.80. The van der Waals surface area contributed by atoms with Gasteiger partial charge in [0.1, 0.15) is 5.75 Å². The second-order valence-corrected chi connectivity index (χ2v) is 4.82. The molecule has 0 bridgehead atoms. The lowest BCUT2D eigenvalue weighted by Crippen LogP contribution is -2.06. The molecule has 0 aliphatic heterocycles.